The summed E-state index contributed by atoms with van der Waals surface area (Å²) in [5, 5.41) is 7.87. The normalized spacial score (nSPS) is 21.4. The maximum Gasteiger partial charge on any atom is 0.324 e. The van der Waals surface area contributed by atoms with E-state index in [0.29, 0.717) is 32.5 Å². The van der Waals surface area contributed by atoms with Gasteiger partial charge in [-0.05, 0) is 13.1 Å². The first-order valence-corrected chi connectivity index (χ1v) is 8.40. The second kappa shape index (κ2) is 7.31. The van der Waals surface area contributed by atoms with E-state index in [1.165, 1.54) is 12.8 Å². The van der Waals surface area contributed by atoms with E-state index < -0.39 is 0 Å². The Morgan fingerprint density at radius 2 is 2.21 bits per heavy atom. The average Bonchev–Trinajstić information content (AvgIpc) is 3.02. The standard InChI is InChI=1S/C16H25N5O3/c1-19-7-8-20(11-14(19)16(23)24-2)15(22)4-3-12-9-13-10-17-5-6-21(13)18-12/h9,14,17H,3-8,10-11H2,1-2H3. The van der Waals surface area contributed by atoms with Crippen molar-refractivity contribution in [2.75, 3.05) is 40.3 Å². The number of aryl methyl sites for hydroxylation is 1. The first kappa shape index (κ1) is 16.9. The third kappa shape index (κ3) is 3.59. The first-order valence-electron chi connectivity index (χ1n) is 8.40. The summed E-state index contributed by atoms with van der Waals surface area (Å²) in [4.78, 5) is 28.0. The topological polar surface area (TPSA) is 79.7 Å². The van der Waals surface area contributed by atoms with Crippen LogP contribution in [0.3, 0.4) is 0 Å². The van der Waals surface area contributed by atoms with Crippen LogP contribution >= 0.6 is 0 Å². The van der Waals surface area contributed by atoms with Crippen molar-refractivity contribution in [3.8, 4) is 0 Å². The molecular formula is C16H25N5O3. The molecule has 1 aromatic rings. The van der Waals surface area contributed by atoms with E-state index in [4.69, 9.17) is 4.74 Å². The van der Waals surface area contributed by atoms with E-state index in [9.17, 15) is 9.59 Å². The van der Waals surface area contributed by atoms with Crippen LogP contribution in [0.4, 0.5) is 0 Å². The van der Waals surface area contributed by atoms with Crippen molar-refractivity contribution in [1.82, 2.24) is 24.9 Å². The van der Waals surface area contributed by atoms with E-state index in [1.807, 2.05) is 16.6 Å². The number of aromatic nitrogens is 2. The van der Waals surface area contributed by atoms with Crippen molar-refractivity contribution in [2.24, 2.45) is 0 Å². The number of ether oxygens (including phenoxy) is 1. The highest BCUT2D eigenvalue weighted by molar-refractivity contribution is 5.80. The summed E-state index contributed by atoms with van der Waals surface area (Å²) in [5.41, 5.74) is 2.13. The number of fused-ring (bicyclic) bond motifs is 1. The SMILES string of the molecule is COC(=O)C1CN(C(=O)CCc2cc3n(n2)CCNC3)CCN1C. The summed E-state index contributed by atoms with van der Waals surface area (Å²) in [6, 6.07) is 1.69. The van der Waals surface area contributed by atoms with E-state index in [2.05, 4.69) is 16.5 Å². The Balaban J connectivity index is 1.55. The smallest absolute Gasteiger partial charge is 0.324 e. The van der Waals surface area contributed by atoms with Gasteiger partial charge in [-0.2, -0.15) is 5.10 Å². The van der Waals surface area contributed by atoms with Gasteiger partial charge in [0.1, 0.15) is 6.04 Å². The maximum atomic E-state index is 12.5. The van der Waals surface area contributed by atoms with Crippen molar-refractivity contribution in [2.45, 2.75) is 32.0 Å². The maximum absolute atomic E-state index is 12.5. The number of rotatable bonds is 4. The van der Waals surface area contributed by atoms with Gasteiger partial charge < -0.3 is 15.0 Å². The van der Waals surface area contributed by atoms with E-state index in [1.54, 1.807) is 4.90 Å². The lowest BCUT2D eigenvalue weighted by atomic mass is 10.1. The fourth-order valence-corrected chi connectivity index (χ4v) is 3.26. The largest absolute Gasteiger partial charge is 0.468 e. The predicted molar refractivity (Wildman–Crippen MR) is 87.3 cm³/mol. The molecule has 0 radical (unpaired) electrons. The summed E-state index contributed by atoms with van der Waals surface area (Å²) in [6.45, 7) is 4.36. The molecule has 132 valence electrons. The molecule has 1 aromatic heterocycles. The Labute approximate surface area is 141 Å². The summed E-state index contributed by atoms with van der Waals surface area (Å²) >= 11 is 0. The molecule has 0 bridgehead atoms. The van der Waals surface area contributed by atoms with E-state index >= 15 is 0 Å². The molecular weight excluding hydrogens is 310 g/mol. The molecule has 0 aromatic carbocycles. The number of methoxy groups -OCH3 is 1. The second-order valence-electron chi connectivity index (χ2n) is 6.39. The minimum Gasteiger partial charge on any atom is -0.468 e. The van der Waals surface area contributed by atoms with Crippen LogP contribution in [0.2, 0.25) is 0 Å². The van der Waals surface area contributed by atoms with Crippen LogP contribution in [0.25, 0.3) is 0 Å². The lowest BCUT2D eigenvalue weighted by molar-refractivity contribution is -0.150. The number of hydrogen-bond acceptors (Lipinski definition) is 6. The number of likely N-dealkylation sites (N-methyl/N-ethyl adjacent to an activating group) is 1. The molecule has 0 aliphatic carbocycles. The Kier molecular flexibility index (Phi) is 5.15. The number of amides is 1. The zero-order valence-corrected chi connectivity index (χ0v) is 14.3. The molecule has 1 atom stereocenters. The number of nitrogens with one attached hydrogen (secondary N) is 1. The zero-order chi connectivity index (χ0) is 17.1. The van der Waals surface area contributed by atoms with Gasteiger partial charge in [0.25, 0.3) is 0 Å². The monoisotopic (exact) mass is 335 g/mol. The molecule has 3 rings (SSSR count). The Morgan fingerprint density at radius 1 is 1.38 bits per heavy atom. The van der Waals surface area contributed by atoms with Gasteiger partial charge in [-0.15, -0.1) is 0 Å². The van der Waals surface area contributed by atoms with Gasteiger partial charge in [-0.1, -0.05) is 0 Å². The van der Waals surface area contributed by atoms with Crippen LogP contribution in [0.5, 0.6) is 0 Å². The van der Waals surface area contributed by atoms with Crippen LogP contribution in [-0.2, 0) is 33.8 Å². The Hall–Kier alpha value is -1.93. The van der Waals surface area contributed by atoms with Crippen LogP contribution < -0.4 is 5.32 Å². The molecule has 2 aliphatic heterocycles. The average molecular weight is 335 g/mol. The van der Waals surface area contributed by atoms with Gasteiger partial charge in [0.2, 0.25) is 5.91 Å². The molecule has 8 heteroatoms. The van der Waals surface area contributed by atoms with Gasteiger partial charge in [0.15, 0.2) is 0 Å². The fraction of sp³-hybridized carbons (Fsp3) is 0.688. The highest BCUT2D eigenvalue weighted by Crippen LogP contribution is 2.13. The Bertz CT molecular complexity index is 591. The number of piperazine rings is 1. The summed E-state index contributed by atoms with van der Waals surface area (Å²) in [6.07, 6.45) is 1.05. The Morgan fingerprint density at radius 3 is 2.96 bits per heavy atom. The molecule has 1 amide bonds. The highest BCUT2D eigenvalue weighted by atomic mass is 16.5. The molecule has 8 nitrogen and oxygen atoms in total. The lowest BCUT2D eigenvalue weighted by Crippen LogP contribution is -2.56. The summed E-state index contributed by atoms with van der Waals surface area (Å²) in [5.74, 6) is -0.217. The van der Waals surface area contributed by atoms with E-state index in [-0.39, 0.29) is 17.9 Å². The van der Waals surface area contributed by atoms with Gasteiger partial charge >= 0.3 is 5.97 Å². The molecule has 1 saturated heterocycles. The number of carbonyl (C=O) groups is 2. The first-order chi connectivity index (χ1) is 11.6. The van der Waals surface area contributed by atoms with Crippen LogP contribution in [-0.4, -0.2) is 77.8 Å². The molecule has 1 N–H and O–H groups in total. The molecule has 3 heterocycles. The summed E-state index contributed by atoms with van der Waals surface area (Å²) in [7, 11) is 3.26. The summed E-state index contributed by atoms with van der Waals surface area (Å²) < 4.78 is 6.84. The van der Waals surface area contributed by atoms with Crippen molar-refractivity contribution < 1.29 is 14.3 Å². The fourth-order valence-electron chi connectivity index (χ4n) is 3.26. The van der Waals surface area contributed by atoms with Crippen molar-refractivity contribution in [3.05, 3.63) is 17.5 Å². The number of esters is 1. The highest BCUT2D eigenvalue weighted by Gasteiger charge is 2.32. The number of nitrogens with zero attached hydrogens (tertiary/aromatic N) is 4. The predicted octanol–water partition coefficient (Wildman–Crippen LogP) is -0.765. The molecule has 1 unspecified atom stereocenters. The van der Waals surface area contributed by atoms with Crippen LogP contribution in [0.1, 0.15) is 17.8 Å². The van der Waals surface area contributed by atoms with E-state index in [0.717, 1.165) is 25.3 Å². The minimum atomic E-state index is -0.376. The molecule has 2 aliphatic rings. The minimum absolute atomic E-state index is 0.0705. The zero-order valence-electron chi connectivity index (χ0n) is 14.3. The molecule has 24 heavy (non-hydrogen) atoms. The second-order valence-corrected chi connectivity index (χ2v) is 6.39. The molecule has 0 saturated carbocycles. The van der Waals surface area contributed by atoms with Gasteiger partial charge in [-0.3, -0.25) is 19.2 Å². The number of hydrogen-bond donors (Lipinski definition) is 1. The van der Waals surface area contributed by atoms with Crippen molar-refractivity contribution in [1.29, 1.82) is 0 Å². The van der Waals surface area contributed by atoms with Gasteiger partial charge in [-0.25, -0.2) is 0 Å². The van der Waals surface area contributed by atoms with Gasteiger partial charge in [0.05, 0.1) is 25.0 Å². The quantitative estimate of drug-likeness (QED) is 0.728. The van der Waals surface area contributed by atoms with Crippen LogP contribution in [0, 0.1) is 0 Å². The van der Waals surface area contributed by atoms with Crippen molar-refractivity contribution in [3.63, 3.8) is 0 Å². The molecule has 1 fully saturated rings. The molecule has 0 spiro atoms. The van der Waals surface area contributed by atoms with Gasteiger partial charge in [0, 0.05) is 45.6 Å². The number of carbonyl (C=O) groups excluding carboxylic acids is 2. The lowest BCUT2D eigenvalue weighted by Gasteiger charge is -2.37. The third-order valence-electron chi connectivity index (χ3n) is 4.79. The van der Waals surface area contributed by atoms with Crippen LogP contribution in [0.15, 0.2) is 6.07 Å². The third-order valence-corrected chi connectivity index (χ3v) is 4.79. The van der Waals surface area contributed by atoms with Crippen molar-refractivity contribution >= 4 is 11.9 Å².